The van der Waals surface area contributed by atoms with Crippen molar-refractivity contribution < 1.29 is 14.1 Å². The quantitative estimate of drug-likeness (QED) is 0.759. The summed E-state index contributed by atoms with van der Waals surface area (Å²) in [5.41, 5.74) is 2.84. The Morgan fingerprint density at radius 3 is 2.50 bits per heavy atom. The summed E-state index contributed by atoms with van der Waals surface area (Å²) in [5, 5.41) is 4.33. The number of benzene rings is 1. The zero-order valence-corrected chi connectivity index (χ0v) is 17.0. The normalized spacial score (nSPS) is 19.0. The highest BCUT2D eigenvalue weighted by Crippen LogP contribution is 2.42. The van der Waals surface area contributed by atoms with E-state index >= 15 is 0 Å². The van der Waals surface area contributed by atoms with Crippen molar-refractivity contribution in [1.29, 1.82) is 0 Å². The molecule has 0 unspecified atom stereocenters. The molecule has 1 aromatic heterocycles. The van der Waals surface area contributed by atoms with Crippen LogP contribution in [0, 0.1) is 13.8 Å². The van der Waals surface area contributed by atoms with Gasteiger partial charge in [-0.25, -0.2) is 0 Å². The Kier molecular flexibility index (Phi) is 5.23. The molecule has 0 atom stereocenters. The minimum absolute atomic E-state index is 0.110. The minimum Gasteiger partial charge on any atom is -0.385 e. The SMILES string of the molecule is COCCC1(c2noc(C3CC3)n2)CCN(C(=O)c2cc(C)cc(C)c2)CC1. The first-order chi connectivity index (χ1) is 13.5. The van der Waals surface area contributed by atoms with E-state index in [1.54, 1.807) is 7.11 Å². The third-order valence-corrected chi connectivity index (χ3v) is 6.10. The average molecular weight is 383 g/mol. The number of piperidine rings is 1. The minimum atomic E-state index is -0.175. The van der Waals surface area contributed by atoms with Gasteiger partial charge in [0.15, 0.2) is 5.82 Å². The van der Waals surface area contributed by atoms with Crippen molar-refractivity contribution in [2.75, 3.05) is 26.8 Å². The molecular formula is C22H29N3O3. The van der Waals surface area contributed by atoms with E-state index in [1.807, 2.05) is 30.9 Å². The van der Waals surface area contributed by atoms with E-state index in [0.717, 1.165) is 60.5 Å². The lowest BCUT2D eigenvalue weighted by Crippen LogP contribution is -2.46. The van der Waals surface area contributed by atoms with Crippen molar-refractivity contribution >= 4 is 5.91 Å². The van der Waals surface area contributed by atoms with Gasteiger partial charge in [-0.2, -0.15) is 4.98 Å². The van der Waals surface area contributed by atoms with Crippen LogP contribution in [0.25, 0.3) is 0 Å². The zero-order valence-electron chi connectivity index (χ0n) is 17.0. The van der Waals surface area contributed by atoms with Gasteiger partial charge in [0, 0.05) is 43.7 Å². The zero-order chi connectivity index (χ0) is 19.7. The highest BCUT2D eigenvalue weighted by Gasteiger charge is 2.42. The molecule has 1 saturated heterocycles. The van der Waals surface area contributed by atoms with E-state index in [9.17, 15) is 4.79 Å². The van der Waals surface area contributed by atoms with Gasteiger partial charge in [-0.3, -0.25) is 4.79 Å². The number of rotatable bonds is 6. The summed E-state index contributed by atoms with van der Waals surface area (Å²) in [6, 6.07) is 6.04. The molecule has 2 aliphatic rings. The maximum Gasteiger partial charge on any atom is 0.253 e. The molecule has 0 N–H and O–H groups in total. The van der Waals surface area contributed by atoms with Gasteiger partial charge in [0.05, 0.1) is 0 Å². The first-order valence-corrected chi connectivity index (χ1v) is 10.2. The van der Waals surface area contributed by atoms with Crippen LogP contribution in [0.3, 0.4) is 0 Å². The predicted molar refractivity (Wildman–Crippen MR) is 105 cm³/mol. The van der Waals surface area contributed by atoms with Crippen molar-refractivity contribution in [3.05, 3.63) is 46.6 Å². The standard InChI is InChI=1S/C22H29N3O3/c1-15-12-16(2)14-18(13-15)20(26)25-9-6-22(7-10-25,8-11-27-3)21-23-19(28-24-21)17-4-5-17/h12-14,17H,4-11H2,1-3H3. The fourth-order valence-electron chi connectivity index (χ4n) is 4.25. The number of methoxy groups -OCH3 is 1. The van der Waals surface area contributed by atoms with Gasteiger partial charge < -0.3 is 14.2 Å². The number of nitrogens with zero attached hydrogens (tertiary/aromatic N) is 3. The molecule has 1 aliphatic heterocycles. The Labute approximate surface area is 166 Å². The maximum absolute atomic E-state index is 13.0. The lowest BCUT2D eigenvalue weighted by molar-refractivity contribution is 0.0616. The molecular weight excluding hydrogens is 354 g/mol. The van der Waals surface area contributed by atoms with Gasteiger partial charge in [0.2, 0.25) is 5.89 Å². The van der Waals surface area contributed by atoms with Crippen LogP contribution in [-0.4, -0.2) is 47.8 Å². The third kappa shape index (κ3) is 3.83. The summed E-state index contributed by atoms with van der Waals surface area (Å²) in [6.07, 6.45) is 4.79. The Bertz CT molecular complexity index is 828. The van der Waals surface area contributed by atoms with Crippen LogP contribution >= 0.6 is 0 Å². The van der Waals surface area contributed by atoms with Gasteiger partial charge in [-0.1, -0.05) is 22.3 Å². The lowest BCUT2D eigenvalue weighted by Gasteiger charge is -2.40. The molecule has 0 spiro atoms. The largest absolute Gasteiger partial charge is 0.385 e. The fraction of sp³-hybridized carbons (Fsp3) is 0.591. The molecule has 1 amide bonds. The molecule has 1 aromatic carbocycles. The first kappa shape index (κ1) is 19.1. The summed E-state index contributed by atoms with van der Waals surface area (Å²) in [4.78, 5) is 19.7. The van der Waals surface area contributed by atoms with Gasteiger partial charge in [-0.15, -0.1) is 0 Å². The number of aryl methyl sites for hydroxylation is 2. The number of hydrogen-bond donors (Lipinski definition) is 0. The number of ether oxygens (including phenoxy) is 1. The number of hydrogen-bond acceptors (Lipinski definition) is 5. The van der Waals surface area contributed by atoms with Crippen molar-refractivity contribution in [2.24, 2.45) is 0 Å². The number of amides is 1. The molecule has 4 rings (SSSR count). The second-order valence-electron chi connectivity index (χ2n) is 8.42. The third-order valence-electron chi connectivity index (χ3n) is 6.10. The van der Waals surface area contributed by atoms with Crippen LogP contribution < -0.4 is 0 Å². The van der Waals surface area contributed by atoms with Crippen molar-refractivity contribution in [1.82, 2.24) is 15.0 Å². The molecule has 2 heterocycles. The summed E-state index contributed by atoms with van der Waals surface area (Å²) >= 11 is 0. The summed E-state index contributed by atoms with van der Waals surface area (Å²) < 4.78 is 10.9. The van der Waals surface area contributed by atoms with Crippen LogP contribution in [0.5, 0.6) is 0 Å². The number of likely N-dealkylation sites (tertiary alicyclic amines) is 1. The second kappa shape index (κ2) is 7.66. The fourth-order valence-corrected chi connectivity index (χ4v) is 4.25. The molecule has 1 saturated carbocycles. The van der Waals surface area contributed by atoms with Crippen LogP contribution in [0.2, 0.25) is 0 Å². The molecule has 150 valence electrons. The van der Waals surface area contributed by atoms with E-state index in [-0.39, 0.29) is 11.3 Å². The first-order valence-electron chi connectivity index (χ1n) is 10.2. The topological polar surface area (TPSA) is 68.5 Å². The monoisotopic (exact) mass is 383 g/mol. The van der Waals surface area contributed by atoms with Crippen LogP contribution in [0.1, 0.15) is 71.2 Å². The average Bonchev–Trinajstić information content (AvgIpc) is 3.42. The summed E-state index contributed by atoms with van der Waals surface area (Å²) in [7, 11) is 1.72. The molecule has 0 radical (unpaired) electrons. The van der Waals surface area contributed by atoms with Gasteiger partial charge in [-0.05, 0) is 58.1 Å². The molecule has 6 heteroatoms. The van der Waals surface area contributed by atoms with E-state index in [0.29, 0.717) is 25.6 Å². The Morgan fingerprint density at radius 1 is 1.21 bits per heavy atom. The molecule has 0 bridgehead atoms. The number of aromatic nitrogens is 2. The number of carbonyl (C=O) groups is 1. The Morgan fingerprint density at radius 2 is 1.89 bits per heavy atom. The maximum atomic E-state index is 13.0. The Balaban J connectivity index is 1.50. The molecule has 2 aromatic rings. The molecule has 6 nitrogen and oxygen atoms in total. The second-order valence-corrected chi connectivity index (χ2v) is 8.42. The van der Waals surface area contributed by atoms with E-state index < -0.39 is 0 Å². The lowest BCUT2D eigenvalue weighted by atomic mass is 9.75. The van der Waals surface area contributed by atoms with E-state index in [2.05, 4.69) is 11.2 Å². The van der Waals surface area contributed by atoms with Crippen LogP contribution in [-0.2, 0) is 10.2 Å². The van der Waals surface area contributed by atoms with E-state index in [1.165, 1.54) is 0 Å². The molecule has 28 heavy (non-hydrogen) atoms. The highest BCUT2D eigenvalue weighted by molar-refractivity contribution is 5.94. The van der Waals surface area contributed by atoms with Crippen molar-refractivity contribution in [3.8, 4) is 0 Å². The van der Waals surface area contributed by atoms with Crippen LogP contribution in [0.15, 0.2) is 22.7 Å². The van der Waals surface area contributed by atoms with Crippen molar-refractivity contribution in [3.63, 3.8) is 0 Å². The number of carbonyl (C=O) groups excluding carboxylic acids is 1. The van der Waals surface area contributed by atoms with Gasteiger partial charge in [0.1, 0.15) is 0 Å². The van der Waals surface area contributed by atoms with Crippen LogP contribution in [0.4, 0.5) is 0 Å². The van der Waals surface area contributed by atoms with Gasteiger partial charge in [0.25, 0.3) is 5.91 Å². The van der Waals surface area contributed by atoms with E-state index in [4.69, 9.17) is 14.2 Å². The smallest absolute Gasteiger partial charge is 0.253 e. The van der Waals surface area contributed by atoms with Gasteiger partial charge >= 0.3 is 0 Å². The predicted octanol–water partition coefficient (Wildman–Crippen LogP) is 3.77. The summed E-state index contributed by atoms with van der Waals surface area (Å²) in [5.74, 6) is 2.14. The van der Waals surface area contributed by atoms with Crippen molar-refractivity contribution in [2.45, 2.75) is 57.3 Å². The molecule has 1 aliphatic carbocycles. The molecule has 2 fully saturated rings. The summed E-state index contributed by atoms with van der Waals surface area (Å²) in [6.45, 7) is 6.11. The Hall–Kier alpha value is -2.21. The highest BCUT2D eigenvalue weighted by atomic mass is 16.5.